The molecule has 2 atom stereocenters. The van der Waals surface area contributed by atoms with E-state index in [2.05, 4.69) is 0 Å². The van der Waals surface area contributed by atoms with Crippen LogP contribution in [0.4, 0.5) is 0 Å². The number of likely N-dealkylation sites (tertiary alicyclic amines) is 1. The van der Waals surface area contributed by atoms with Crippen LogP contribution in [0, 0.1) is 0 Å². The number of methoxy groups -OCH3 is 1. The van der Waals surface area contributed by atoms with Gasteiger partial charge in [0.05, 0.1) is 6.61 Å². The largest absolute Gasteiger partial charge is 0.464 e. The van der Waals surface area contributed by atoms with Crippen LogP contribution in [0.15, 0.2) is 30.3 Å². The third-order valence-electron chi connectivity index (χ3n) is 3.13. The molecular formula is C14H17NO4. The third-order valence-corrected chi connectivity index (χ3v) is 3.13. The van der Waals surface area contributed by atoms with E-state index >= 15 is 0 Å². The lowest BCUT2D eigenvalue weighted by Gasteiger charge is -2.44. The summed E-state index contributed by atoms with van der Waals surface area (Å²) in [5, 5.41) is 0. The number of benzene rings is 1. The summed E-state index contributed by atoms with van der Waals surface area (Å²) in [6.07, 6.45) is -0.720. The van der Waals surface area contributed by atoms with Gasteiger partial charge in [-0.2, -0.15) is 0 Å². The lowest BCUT2D eigenvalue weighted by molar-refractivity contribution is -0.186. The van der Waals surface area contributed by atoms with Crippen molar-refractivity contribution in [2.24, 2.45) is 0 Å². The molecule has 19 heavy (non-hydrogen) atoms. The van der Waals surface area contributed by atoms with Gasteiger partial charge in [-0.15, -0.1) is 0 Å². The van der Waals surface area contributed by atoms with Crippen LogP contribution in [0.5, 0.6) is 0 Å². The van der Waals surface area contributed by atoms with Gasteiger partial charge < -0.3 is 14.4 Å². The molecule has 5 nitrogen and oxygen atoms in total. The van der Waals surface area contributed by atoms with Gasteiger partial charge in [-0.25, -0.2) is 4.79 Å². The number of hydrogen-bond donors (Lipinski definition) is 0. The van der Waals surface area contributed by atoms with E-state index in [1.54, 1.807) is 6.92 Å². The minimum absolute atomic E-state index is 0.176. The minimum Gasteiger partial charge on any atom is -0.464 e. The Bertz CT molecular complexity index is 460. The number of carbonyl (C=O) groups is 2. The van der Waals surface area contributed by atoms with Crippen molar-refractivity contribution in [1.82, 2.24) is 4.90 Å². The van der Waals surface area contributed by atoms with Gasteiger partial charge in [0, 0.05) is 13.7 Å². The molecule has 0 bridgehead atoms. The molecule has 1 heterocycles. The Hall–Kier alpha value is -1.88. The number of nitrogens with zero attached hydrogens (tertiary/aromatic N) is 1. The highest BCUT2D eigenvalue weighted by atomic mass is 16.5. The van der Waals surface area contributed by atoms with Crippen molar-refractivity contribution in [3.05, 3.63) is 35.9 Å². The Balaban J connectivity index is 2.10. The van der Waals surface area contributed by atoms with Crippen molar-refractivity contribution in [3.63, 3.8) is 0 Å². The zero-order valence-corrected chi connectivity index (χ0v) is 11.0. The summed E-state index contributed by atoms with van der Waals surface area (Å²) in [5.41, 5.74) is 0.972. The maximum atomic E-state index is 11.9. The van der Waals surface area contributed by atoms with Gasteiger partial charge in [0.15, 0.2) is 12.1 Å². The van der Waals surface area contributed by atoms with Crippen LogP contribution in [-0.2, 0) is 25.6 Å². The van der Waals surface area contributed by atoms with E-state index in [-0.39, 0.29) is 5.91 Å². The molecule has 1 aromatic rings. The van der Waals surface area contributed by atoms with Crippen molar-refractivity contribution < 1.29 is 19.1 Å². The fourth-order valence-corrected chi connectivity index (χ4v) is 2.18. The van der Waals surface area contributed by atoms with E-state index in [0.29, 0.717) is 13.2 Å². The predicted molar refractivity (Wildman–Crippen MR) is 68.2 cm³/mol. The zero-order valence-electron chi connectivity index (χ0n) is 11.0. The minimum atomic E-state index is -0.720. The Labute approximate surface area is 112 Å². The molecule has 0 aliphatic carbocycles. The molecule has 1 amide bonds. The average Bonchev–Trinajstić information content (AvgIpc) is 2.43. The van der Waals surface area contributed by atoms with Crippen LogP contribution in [-0.4, -0.2) is 42.6 Å². The molecule has 1 aliphatic rings. The number of β-lactam (4-membered cyclic amide) rings is 1. The summed E-state index contributed by atoms with van der Waals surface area (Å²) in [4.78, 5) is 25.2. The molecule has 102 valence electrons. The molecule has 0 saturated carbocycles. The van der Waals surface area contributed by atoms with Crippen molar-refractivity contribution in [3.8, 4) is 0 Å². The second-order valence-corrected chi connectivity index (χ2v) is 4.30. The molecule has 0 unspecified atom stereocenters. The molecule has 1 aliphatic heterocycles. The Morgan fingerprint density at radius 2 is 2.00 bits per heavy atom. The first-order valence-corrected chi connectivity index (χ1v) is 6.23. The second kappa shape index (κ2) is 5.84. The molecular weight excluding hydrogens is 246 g/mol. The van der Waals surface area contributed by atoms with E-state index in [1.165, 1.54) is 12.0 Å². The molecule has 1 fully saturated rings. The molecule has 0 N–H and O–H groups in total. The molecule has 1 saturated heterocycles. The summed E-state index contributed by atoms with van der Waals surface area (Å²) in [7, 11) is 1.43. The third kappa shape index (κ3) is 2.61. The highest BCUT2D eigenvalue weighted by Gasteiger charge is 2.52. The van der Waals surface area contributed by atoms with Gasteiger partial charge in [-0.05, 0) is 12.5 Å². The molecule has 0 aromatic heterocycles. The maximum Gasteiger partial charge on any atom is 0.332 e. The topological polar surface area (TPSA) is 55.8 Å². The zero-order chi connectivity index (χ0) is 13.8. The molecule has 5 heteroatoms. The predicted octanol–water partition coefficient (Wildman–Crippen LogP) is 0.975. The second-order valence-electron chi connectivity index (χ2n) is 4.30. The number of hydrogen-bond acceptors (Lipinski definition) is 4. The van der Waals surface area contributed by atoms with E-state index in [0.717, 1.165) is 5.56 Å². The maximum absolute atomic E-state index is 11.9. The SMILES string of the molecule is CCOC(=O)[C@@H]1[C@@H](OC)C(=O)N1Cc1ccccc1. The van der Waals surface area contributed by atoms with Crippen LogP contribution in [0.1, 0.15) is 12.5 Å². The monoisotopic (exact) mass is 263 g/mol. The Kier molecular flexibility index (Phi) is 4.16. The number of rotatable bonds is 5. The number of ether oxygens (including phenoxy) is 2. The van der Waals surface area contributed by atoms with Crippen molar-refractivity contribution in [1.29, 1.82) is 0 Å². The molecule has 2 rings (SSSR count). The lowest BCUT2D eigenvalue weighted by atomic mass is 9.96. The van der Waals surface area contributed by atoms with Gasteiger partial charge in [0.2, 0.25) is 0 Å². The molecule has 0 spiro atoms. The first-order valence-electron chi connectivity index (χ1n) is 6.23. The van der Waals surface area contributed by atoms with Gasteiger partial charge in [-0.1, -0.05) is 30.3 Å². The Morgan fingerprint density at radius 1 is 1.32 bits per heavy atom. The smallest absolute Gasteiger partial charge is 0.332 e. The van der Waals surface area contributed by atoms with Crippen LogP contribution in [0.2, 0.25) is 0 Å². The summed E-state index contributed by atoms with van der Waals surface area (Å²) in [6.45, 7) is 2.42. The quantitative estimate of drug-likeness (QED) is 0.587. The van der Waals surface area contributed by atoms with Crippen LogP contribution < -0.4 is 0 Å². The van der Waals surface area contributed by atoms with Gasteiger partial charge >= 0.3 is 5.97 Å². The van der Waals surface area contributed by atoms with Crippen LogP contribution in [0.3, 0.4) is 0 Å². The van der Waals surface area contributed by atoms with Gasteiger partial charge in [0.1, 0.15) is 0 Å². The average molecular weight is 263 g/mol. The summed E-state index contributed by atoms with van der Waals surface area (Å²) < 4.78 is 10.0. The normalized spacial score (nSPS) is 22.0. The fourth-order valence-electron chi connectivity index (χ4n) is 2.18. The van der Waals surface area contributed by atoms with Crippen molar-refractivity contribution >= 4 is 11.9 Å². The number of amides is 1. The van der Waals surface area contributed by atoms with Crippen molar-refractivity contribution in [2.45, 2.75) is 25.6 Å². The lowest BCUT2D eigenvalue weighted by Crippen LogP contribution is -2.68. The highest BCUT2D eigenvalue weighted by Crippen LogP contribution is 2.26. The summed E-state index contributed by atoms with van der Waals surface area (Å²) >= 11 is 0. The van der Waals surface area contributed by atoms with Gasteiger partial charge in [0.25, 0.3) is 5.91 Å². The summed E-state index contributed by atoms with van der Waals surface area (Å²) in [6, 6.07) is 8.88. The van der Waals surface area contributed by atoms with Crippen LogP contribution >= 0.6 is 0 Å². The highest BCUT2D eigenvalue weighted by molar-refractivity contribution is 5.99. The number of esters is 1. The fraction of sp³-hybridized carbons (Fsp3) is 0.429. The van der Waals surface area contributed by atoms with Gasteiger partial charge in [-0.3, -0.25) is 4.79 Å². The van der Waals surface area contributed by atoms with Crippen LogP contribution in [0.25, 0.3) is 0 Å². The van der Waals surface area contributed by atoms with E-state index in [4.69, 9.17) is 9.47 Å². The standard InChI is InChI=1S/C14H17NO4/c1-3-19-14(17)11-12(18-2)13(16)15(11)9-10-7-5-4-6-8-10/h4-8,11-12H,3,9H2,1-2H3/t11-,12+/m0/s1. The summed E-state index contributed by atoms with van der Waals surface area (Å²) in [5.74, 6) is -0.589. The number of carbonyl (C=O) groups excluding carboxylic acids is 2. The van der Waals surface area contributed by atoms with E-state index < -0.39 is 18.1 Å². The molecule has 1 aromatic carbocycles. The first kappa shape index (κ1) is 13.5. The Morgan fingerprint density at radius 3 is 2.58 bits per heavy atom. The van der Waals surface area contributed by atoms with E-state index in [1.807, 2.05) is 30.3 Å². The first-order chi connectivity index (χ1) is 9.19. The molecule has 0 radical (unpaired) electrons. The van der Waals surface area contributed by atoms with E-state index in [9.17, 15) is 9.59 Å². The van der Waals surface area contributed by atoms with Crippen molar-refractivity contribution in [2.75, 3.05) is 13.7 Å².